The maximum absolute atomic E-state index is 2.39. The Morgan fingerprint density at radius 3 is 2.00 bits per heavy atom. The van der Waals surface area contributed by atoms with E-state index in [-0.39, 0.29) is 0 Å². The minimum atomic E-state index is 1.02. The third-order valence-electron chi connectivity index (χ3n) is 5.57. The SMILES string of the molecule is C1CCCC(CC2CCC(CC3CCCS3)S2)CCC1. The minimum absolute atomic E-state index is 1.02. The molecule has 0 amide bonds. The van der Waals surface area contributed by atoms with E-state index in [0.717, 1.165) is 21.7 Å². The van der Waals surface area contributed by atoms with Crippen LogP contribution in [0.25, 0.3) is 0 Å². The van der Waals surface area contributed by atoms with Crippen LogP contribution in [0.1, 0.15) is 83.5 Å². The van der Waals surface area contributed by atoms with E-state index in [1.54, 1.807) is 19.3 Å². The number of rotatable bonds is 4. The van der Waals surface area contributed by atoms with Crippen LogP contribution >= 0.6 is 23.5 Å². The smallest absolute Gasteiger partial charge is 0.00607 e. The van der Waals surface area contributed by atoms with Crippen LogP contribution in [0.4, 0.5) is 0 Å². The van der Waals surface area contributed by atoms with Gasteiger partial charge in [-0.15, -0.1) is 0 Å². The van der Waals surface area contributed by atoms with Crippen molar-refractivity contribution in [3.8, 4) is 0 Å². The van der Waals surface area contributed by atoms with E-state index in [2.05, 4.69) is 23.5 Å². The molecular formula is C18H32S2. The standard InChI is InChI=1S/C18H32S2/c1-2-4-7-15(8-5-3-1)13-17-10-11-18(20-17)14-16-9-6-12-19-16/h15-18H,1-14H2. The molecular weight excluding hydrogens is 280 g/mol. The zero-order valence-electron chi connectivity index (χ0n) is 13.0. The fourth-order valence-electron chi connectivity index (χ4n) is 4.40. The molecule has 0 bridgehead atoms. The highest BCUT2D eigenvalue weighted by Gasteiger charge is 2.30. The van der Waals surface area contributed by atoms with E-state index in [9.17, 15) is 0 Å². The van der Waals surface area contributed by atoms with Crippen LogP contribution in [-0.4, -0.2) is 21.5 Å². The highest BCUT2D eigenvalue weighted by molar-refractivity contribution is 8.01. The van der Waals surface area contributed by atoms with Crippen LogP contribution in [0.15, 0.2) is 0 Å². The van der Waals surface area contributed by atoms with Crippen LogP contribution in [0, 0.1) is 5.92 Å². The lowest BCUT2D eigenvalue weighted by molar-refractivity contribution is 0.354. The van der Waals surface area contributed by atoms with Crippen LogP contribution in [0.2, 0.25) is 0 Å². The quantitative estimate of drug-likeness (QED) is 0.598. The molecule has 2 saturated heterocycles. The number of hydrogen-bond donors (Lipinski definition) is 0. The van der Waals surface area contributed by atoms with Gasteiger partial charge in [0.05, 0.1) is 0 Å². The van der Waals surface area contributed by atoms with Gasteiger partial charge in [0, 0.05) is 15.7 Å². The van der Waals surface area contributed by atoms with Gasteiger partial charge in [-0.05, 0) is 50.2 Å². The van der Waals surface area contributed by atoms with Gasteiger partial charge in [0.25, 0.3) is 0 Å². The molecule has 0 aromatic rings. The fourth-order valence-corrected chi connectivity index (χ4v) is 7.70. The Hall–Kier alpha value is 0.700. The van der Waals surface area contributed by atoms with E-state index >= 15 is 0 Å². The van der Waals surface area contributed by atoms with Crippen molar-refractivity contribution in [2.24, 2.45) is 5.92 Å². The van der Waals surface area contributed by atoms with Gasteiger partial charge in [-0.25, -0.2) is 0 Å². The van der Waals surface area contributed by atoms with Crippen molar-refractivity contribution in [3.05, 3.63) is 0 Å². The van der Waals surface area contributed by atoms with Crippen molar-refractivity contribution in [2.45, 2.75) is 99.2 Å². The normalized spacial score (nSPS) is 36.9. The van der Waals surface area contributed by atoms with Gasteiger partial charge in [0.1, 0.15) is 0 Å². The summed E-state index contributed by atoms with van der Waals surface area (Å²) in [6.07, 6.45) is 19.8. The van der Waals surface area contributed by atoms with Gasteiger partial charge in [-0.3, -0.25) is 0 Å². The van der Waals surface area contributed by atoms with Gasteiger partial charge in [-0.2, -0.15) is 23.5 Å². The van der Waals surface area contributed by atoms with Gasteiger partial charge in [0.2, 0.25) is 0 Å². The van der Waals surface area contributed by atoms with Crippen molar-refractivity contribution >= 4 is 23.5 Å². The summed E-state index contributed by atoms with van der Waals surface area (Å²) in [6.45, 7) is 0. The lowest BCUT2D eigenvalue weighted by atomic mass is 9.87. The molecule has 3 unspecified atom stereocenters. The molecule has 3 rings (SSSR count). The second kappa shape index (κ2) is 8.36. The van der Waals surface area contributed by atoms with Crippen molar-refractivity contribution in [1.82, 2.24) is 0 Å². The second-order valence-corrected chi connectivity index (χ2v) is 10.3. The van der Waals surface area contributed by atoms with Crippen LogP contribution < -0.4 is 0 Å². The number of hydrogen-bond acceptors (Lipinski definition) is 2. The van der Waals surface area contributed by atoms with E-state index in [4.69, 9.17) is 0 Å². The summed E-state index contributed by atoms with van der Waals surface area (Å²) < 4.78 is 0. The molecule has 3 fully saturated rings. The lowest BCUT2D eigenvalue weighted by Crippen LogP contribution is -2.11. The summed E-state index contributed by atoms with van der Waals surface area (Å²) >= 11 is 4.65. The average Bonchev–Trinajstić information content (AvgIpc) is 3.05. The Labute approximate surface area is 134 Å². The third-order valence-corrected chi connectivity index (χ3v) is 8.62. The summed E-state index contributed by atoms with van der Waals surface area (Å²) in [6, 6.07) is 0. The predicted molar refractivity (Wildman–Crippen MR) is 94.9 cm³/mol. The molecule has 0 spiro atoms. The fraction of sp³-hybridized carbons (Fsp3) is 1.00. The Bertz CT molecular complexity index is 265. The third kappa shape index (κ3) is 4.87. The lowest BCUT2D eigenvalue weighted by Gasteiger charge is -2.23. The van der Waals surface area contributed by atoms with Crippen molar-refractivity contribution in [2.75, 3.05) is 5.75 Å². The average molecular weight is 313 g/mol. The number of thioether (sulfide) groups is 2. The van der Waals surface area contributed by atoms with Gasteiger partial charge >= 0.3 is 0 Å². The summed E-state index contributed by atoms with van der Waals surface area (Å²) in [7, 11) is 0. The topological polar surface area (TPSA) is 0 Å². The first-order chi connectivity index (χ1) is 9.90. The Balaban J connectivity index is 1.37. The zero-order chi connectivity index (χ0) is 13.6. The first-order valence-electron chi connectivity index (χ1n) is 9.17. The molecule has 2 heteroatoms. The van der Waals surface area contributed by atoms with E-state index < -0.39 is 0 Å². The summed E-state index contributed by atoms with van der Waals surface area (Å²) in [4.78, 5) is 0. The molecule has 3 atom stereocenters. The van der Waals surface area contributed by atoms with E-state index in [0.29, 0.717) is 0 Å². The summed E-state index contributed by atoms with van der Waals surface area (Å²) in [5.74, 6) is 2.51. The van der Waals surface area contributed by atoms with Crippen molar-refractivity contribution in [1.29, 1.82) is 0 Å². The van der Waals surface area contributed by atoms with E-state index in [1.165, 1.54) is 70.0 Å². The zero-order valence-corrected chi connectivity index (χ0v) is 14.7. The Morgan fingerprint density at radius 2 is 1.30 bits per heavy atom. The van der Waals surface area contributed by atoms with Crippen LogP contribution in [0.3, 0.4) is 0 Å². The maximum Gasteiger partial charge on any atom is 0.00607 e. The molecule has 20 heavy (non-hydrogen) atoms. The van der Waals surface area contributed by atoms with Crippen LogP contribution in [-0.2, 0) is 0 Å². The maximum atomic E-state index is 2.39. The Kier molecular flexibility index (Phi) is 6.52. The van der Waals surface area contributed by atoms with Crippen LogP contribution in [0.5, 0.6) is 0 Å². The van der Waals surface area contributed by atoms with Gasteiger partial charge in [-0.1, -0.05) is 44.9 Å². The summed E-state index contributed by atoms with van der Waals surface area (Å²) in [5.41, 5.74) is 0. The van der Waals surface area contributed by atoms with E-state index in [1.807, 2.05) is 0 Å². The first-order valence-corrected chi connectivity index (χ1v) is 11.2. The van der Waals surface area contributed by atoms with Gasteiger partial charge < -0.3 is 0 Å². The molecule has 2 heterocycles. The van der Waals surface area contributed by atoms with Gasteiger partial charge in [0.15, 0.2) is 0 Å². The molecule has 0 N–H and O–H groups in total. The molecule has 1 saturated carbocycles. The largest absolute Gasteiger partial charge is 0.159 e. The molecule has 2 aliphatic heterocycles. The molecule has 3 aliphatic rings. The molecule has 0 nitrogen and oxygen atoms in total. The molecule has 1 aliphatic carbocycles. The van der Waals surface area contributed by atoms with Crippen molar-refractivity contribution < 1.29 is 0 Å². The minimum Gasteiger partial charge on any atom is -0.159 e. The monoisotopic (exact) mass is 312 g/mol. The molecule has 0 aromatic carbocycles. The molecule has 0 radical (unpaired) electrons. The molecule has 0 aromatic heterocycles. The van der Waals surface area contributed by atoms with Crippen molar-refractivity contribution in [3.63, 3.8) is 0 Å². The highest BCUT2D eigenvalue weighted by atomic mass is 32.2. The molecule has 116 valence electrons. The first kappa shape index (κ1) is 15.6. The predicted octanol–water partition coefficient (Wildman–Crippen LogP) is 6.29. The Morgan fingerprint density at radius 1 is 0.600 bits per heavy atom. The highest BCUT2D eigenvalue weighted by Crippen LogP contribution is 2.43. The summed E-state index contributed by atoms with van der Waals surface area (Å²) in [5, 5.41) is 3.06. The second-order valence-electron chi connectivity index (χ2n) is 7.28.